The van der Waals surface area contributed by atoms with Crippen LogP contribution in [0, 0.1) is 13.8 Å². The molecule has 1 atom stereocenters. The number of para-hydroxylation sites is 1. The molecular formula is C32H33N9O2. The zero-order valence-electron chi connectivity index (χ0n) is 24.7. The van der Waals surface area contributed by atoms with Crippen LogP contribution in [-0.4, -0.2) is 41.2 Å². The monoisotopic (exact) mass is 575 g/mol. The Bertz CT molecular complexity index is 1980. The van der Waals surface area contributed by atoms with E-state index in [1.807, 2.05) is 80.2 Å². The molecule has 0 bridgehead atoms. The lowest BCUT2D eigenvalue weighted by atomic mass is 10.1. The maximum Gasteiger partial charge on any atom is 0.266 e. The highest BCUT2D eigenvalue weighted by Crippen LogP contribution is 2.26. The van der Waals surface area contributed by atoms with Gasteiger partial charge in [0.2, 0.25) is 0 Å². The van der Waals surface area contributed by atoms with Crippen LogP contribution in [0.25, 0.3) is 28.7 Å². The van der Waals surface area contributed by atoms with Crippen LogP contribution in [0.1, 0.15) is 51.7 Å². The van der Waals surface area contributed by atoms with E-state index in [0.717, 1.165) is 22.5 Å². The molecule has 5 rings (SSSR count). The summed E-state index contributed by atoms with van der Waals surface area (Å²) in [5, 5.41) is 12.0. The lowest BCUT2D eigenvalue weighted by molar-refractivity contribution is 0.0939. The first-order valence-corrected chi connectivity index (χ1v) is 13.7. The Balaban J connectivity index is 1.63. The van der Waals surface area contributed by atoms with Crippen molar-refractivity contribution in [1.29, 1.82) is 0 Å². The van der Waals surface area contributed by atoms with Crippen molar-refractivity contribution in [3.63, 3.8) is 0 Å². The fraction of sp³-hybridized carbons (Fsp3) is 0.188. The number of carbonyl (C=O) groups is 1. The molecule has 3 heterocycles. The Morgan fingerprint density at radius 2 is 1.79 bits per heavy atom. The van der Waals surface area contributed by atoms with Crippen LogP contribution in [0.2, 0.25) is 0 Å². The van der Waals surface area contributed by atoms with Crippen molar-refractivity contribution in [3.8, 4) is 5.69 Å². The molecule has 218 valence electrons. The van der Waals surface area contributed by atoms with Gasteiger partial charge in [0.25, 0.3) is 11.5 Å². The molecule has 0 saturated heterocycles. The number of carbonyl (C=O) groups excluding carboxylic acids is 1. The average molecular weight is 576 g/mol. The number of aliphatic imine (C=N–C) groups is 1. The van der Waals surface area contributed by atoms with Gasteiger partial charge in [0.05, 0.1) is 28.3 Å². The maximum atomic E-state index is 14.3. The van der Waals surface area contributed by atoms with E-state index >= 15 is 0 Å². The molecule has 0 aliphatic heterocycles. The van der Waals surface area contributed by atoms with Gasteiger partial charge in [0, 0.05) is 31.6 Å². The van der Waals surface area contributed by atoms with Crippen molar-refractivity contribution in [2.45, 2.75) is 26.8 Å². The van der Waals surface area contributed by atoms with E-state index in [4.69, 9.17) is 10.7 Å². The van der Waals surface area contributed by atoms with Crippen molar-refractivity contribution in [1.82, 2.24) is 34.4 Å². The van der Waals surface area contributed by atoms with Gasteiger partial charge in [-0.2, -0.15) is 10.2 Å². The summed E-state index contributed by atoms with van der Waals surface area (Å²) in [5.74, 6) is 0.174. The van der Waals surface area contributed by atoms with Gasteiger partial charge < -0.3 is 11.1 Å². The van der Waals surface area contributed by atoms with E-state index in [0.29, 0.717) is 22.4 Å². The van der Waals surface area contributed by atoms with Gasteiger partial charge in [0.1, 0.15) is 11.4 Å². The zero-order chi connectivity index (χ0) is 30.8. The maximum absolute atomic E-state index is 14.3. The first kappa shape index (κ1) is 28.9. The molecule has 0 fully saturated rings. The fourth-order valence-corrected chi connectivity index (χ4v) is 5.09. The van der Waals surface area contributed by atoms with Gasteiger partial charge in [-0.25, -0.2) is 14.7 Å². The van der Waals surface area contributed by atoms with Crippen LogP contribution < -0.4 is 16.6 Å². The van der Waals surface area contributed by atoms with Crippen LogP contribution in [0.15, 0.2) is 71.0 Å². The minimum atomic E-state index is -0.694. The summed E-state index contributed by atoms with van der Waals surface area (Å²) < 4.78 is 4.79. The van der Waals surface area contributed by atoms with Crippen molar-refractivity contribution in [3.05, 3.63) is 105 Å². The molecule has 11 nitrogen and oxygen atoms in total. The molecule has 0 aliphatic carbocycles. The van der Waals surface area contributed by atoms with Gasteiger partial charge in [-0.1, -0.05) is 55.1 Å². The van der Waals surface area contributed by atoms with E-state index in [-0.39, 0.29) is 22.8 Å². The van der Waals surface area contributed by atoms with E-state index < -0.39 is 11.9 Å². The number of nitrogen functional groups attached to an aromatic ring is 1. The lowest BCUT2D eigenvalue weighted by Crippen LogP contribution is -2.33. The number of nitrogens with zero attached hydrogens (tertiary/aromatic N) is 7. The third kappa shape index (κ3) is 5.40. The van der Waals surface area contributed by atoms with Crippen LogP contribution in [0.3, 0.4) is 0 Å². The van der Waals surface area contributed by atoms with Gasteiger partial charge in [-0.05, 0) is 44.5 Å². The summed E-state index contributed by atoms with van der Waals surface area (Å²) in [6.07, 6.45) is 6.84. The third-order valence-corrected chi connectivity index (χ3v) is 7.27. The Kier molecular flexibility index (Phi) is 7.89. The molecule has 0 saturated carbocycles. The molecule has 5 aromatic rings. The molecule has 1 amide bonds. The summed E-state index contributed by atoms with van der Waals surface area (Å²) in [7, 11) is 3.55. The van der Waals surface area contributed by atoms with Crippen molar-refractivity contribution in [2.75, 3.05) is 5.73 Å². The van der Waals surface area contributed by atoms with E-state index in [1.54, 1.807) is 20.0 Å². The lowest BCUT2D eigenvalue weighted by Gasteiger charge is -2.20. The number of allylic oxidation sites excluding steroid dienone is 1. The average Bonchev–Trinajstić information content (AvgIpc) is 3.41. The standard InChI is InChI=1S/C32H33N9O2/c1-7-18-34-30-27(28(33)38-40(30)6)31(42)35-20(3)29-36-25-15-11-12-22(16-17-24-19(2)37-39(5)21(24)4)26(25)32(43)41(29)23-13-9-8-10-14-23/h7-18,20H,1H2,2-6H3,(H2,33,38)(H,35,42)/b17-16+,34-18-. The highest BCUT2D eigenvalue weighted by atomic mass is 16.2. The Morgan fingerprint density at radius 3 is 2.47 bits per heavy atom. The highest BCUT2D eigenvalue weighted by Gasteiger charge is 2.25. The molecule has 1 unspecified atom stereocenters. The number of amides is 1. The summed E-state index contributed by atoms with van der Waals surface area (Å²) in [4.78, 5) is 37.0. The van der Waals surface area contributed by atoms with E-state index in [2.05, 4.69) is 27.1 Å². The molecule has 3 aromatic heterocycles. The minimum Gasteiger partial charge on any atom is -0.381 e. The van der Waals surface area contributed by atoms with E-state index in [1.165, 1.54) is 21.5 Å². The molecule has 0 radical (unpaired) electrons. The second kappa shape index (κ2) is 11.7. The van der Waals surface area contributed by atoms with E-state index in [9.17, 15) is 9.59 Å². The van der Waals surface area contributed by atoms with Gasteiger partial charge in [-0.3, -0.25) is 18.8 Å². The SMILES string of the molecule is C=C/C=N\c1c(C(=O)NC(C)c2nc3cccc(/C=C/c4c(C)nn(C)c4C)c3c(=O)n2-c2ccccc2)c(N)nn1C. The number of aryl methyl sites for hydroxylation is 3. The fourth-order valence-electron chi connectivity index (χ4n) is 5.09. The number of nitrogens with two attached hydrogens (primary N) is 1. The zero-order valence-corrected chi connectivity index (χ0v) is 24.7. The molecule has 3 N–H and O–H groups in total. The molecule has 0 aliphatic rings. The Labute approximate surface area is 248 Å². The number of anilines is 1. The molecule has 43 heavy (non-hydrogen) atoms. The largest absolute Gasteiger partial charge is 0.381 e. The predicted octanol–water partition coefficient (Wildman–Crippen LogP) is 4.60. The number of fused-ring (bicyclic) bond motifs is 1. The minimum absolute atomic E-state index is 0.0332. The first-order valence-electron chi connectivity index (χ1n) is 13.7. The molecule has 2 aromatic carbocycles. The summed E-state index contributed by atoms with van der Waals surface area (Å²) >= 11 is 0. The smallest absolute Gasteiger partial charge is 0.266 e. The molecule has 11 heteroatoms. The molecular weight excluding hydrogens is 542 g/mol. The van der Waals surface area contributed by atoms with Crippen molar-refractivity contribution < 1.29 is 4.79 Å². The Hall–Kier alpha value is -5.58. The number of hydrogen-bond donors (Lipinski definition) is 2. The number of rotatable bonds is 8. The Morgan fingerprint density at radius 1 is 1.05 bits per heavy atom. The molecule has 0 spiro atoms. The second-order valence-electron chi connectivity index (χ2n) is 10.1. The van der Waals surface area contributed by atoms with Gasteiger partial charge in [-0.15, -0.1) is 0 Å². The third-order valence-electron chi connectivity index (χ3n) is 7.27. The van der Waals surface area contributed by atoms with Crippen molar-refractivity contribution in [2.24, 2.45) is 19.1 Å². The number of aromatic nitrogens is 6. The van der Waals surface area contributed by atoms with Crippen LogP contribution in [0.4, 0.5) is 11.6 Å². The highest BCUT2D eigenvalue weighted by molar-refractivity contribution is 6.03. The number of hydrogen-bond acceptors (Lipinski definition) is 7. The van der Waals surface area contributed by atoms with Crippen molar-refractivity contribution >= 4 is 46.8 Å². The van der Waals surface area contributed by atoms with Gasteiger partial charge in [0.15, 0.2) is 11.6 Å². The van der Waals surface area contributed by atoms with Crippen LogP contribution in [-0.2, 0) is 14.1 Å². The summed E-state index contributed by atoms with van der Waals surface area (Å²) in [6, 6.07) is 14.1. The normalized spacial score (nSPS) is 12.4. The van der Waals surface area contributed by atoms with Crippen LogP contribution in [0.5, 0.6) is 0 Å². The number of benzene rings is 2. The van der Waals surface area contributed by atoms with Crippen LogP contribution >= 0.6 is 0 Å². The first-order chi connectivity index (χ1) is 20.6. The topological polar surface area (TPSA) is 138 Å². The summed E-state index contributed by atoms with van der Waals surface area (Å²) in [5.41, 5.74) is 10.7. The quantitative estimate of drug-likeness (QED) is 0.259. The summed E-state index contributed by atoms with van der Waals surface area (Å²) in [6.45, 7) is 9.35. The number of nitrogens with one attached hydrogen (secondary N) is 1. The predicted molar refractivity (Wildman–Crippen MR) is 171 cm³/mol. The van der Waals surface area contributed by atoms with Gasteiger partial charge >= 0.3 is 0 Å². The second-order valence-corrected chi connectivity index (χ2v) is 10.1.